The van der Waals surface area contributed by atoms with E-state index in [4.69, 9.17) is 0 Å². The van der Waals surface area contributed by atoms with Gasteiger partial charge in [-0.1, -0.05) is 48.5 Å². The maximum Gasteiger partial charge on any atom is 0.344 e. The second-order valence-corrected chi connectivity index (χ2v) is 8.15. The third-order valence-electron chi connectivity index (χ3n) is 5.97. The lowest BCUT2D eigenvalue weighted by Crippen LogP contribution is -2.53. The number of hydrazine groups is 1. The van der Waals surface area contributed by atoms with Gasteiger partial charge in [0.25, 0.3) is 11.8 Å². The van der Waals surface area contributed by atoms with Gasteiger partial charge in [0.05, 0.1) is 6.54 Å². The number of urea groups is 1. The van der Waals surface area contributed by atoms with Crippen molar-refractivity contribution in [1.82, 2.24) is 20.7 Å². The molecule has 0 saturated carbocycles. The van der Waals surface area contributed by atoms with Crippen molar-refractivity contribution in [2.45, 2.75) is 19.4 Å². The number of rotatable bonds is 5. The molecule has 2 aliphatic heterocycles. The molecule has 0 unspecified atom stereocenters. The van der Waals surface area contributed by atoms with Gasteiger partial charge in [0.15, 0.2) is 0 Å². The molecule has 0 aliphatic carbocycles. The summed E-state index contributed by atoms with van der Waals surface area (Å²) in [5.41, 5.74) is 4.39. The highest BCUT2D eigenvalue weighted by Gasteiger charge is 2.50. The van der Waals surface area contributed by atoms with Crippen LogP contribution in [-0.4, -0.2) is 60.5 Å². The van der Waals surface area contributed by atoms with Crippen LogP contribution < -0.4 is 15.6 Å². The maximum atomic E-state index is 12.9. The Kier molecular flexibility index (Phi) is 5.65. The molecule has 0 spiro atoms. The lowest BCUT2D eigenvalue weighted by Gasteiger charge is -2.36. The molecule has 1 atom stereocenters. The highest BCUT2D eigenvalue weighted by molar-refractivity contribution is 6.08. The summed E-state index contributed by atoms with van der Waals surface area (Å²) in [6, 6.07) is 16.6. The fourth-order valence-corrected chi connectivity index (χ4v) is 4.14. The average molecular weight is 422 g/mol. The number of anilines is 1. The zero-order chi connectivity index (χ0) is 22.0. The predicted molar refractivity (Wildman–Crippen MR) is 117 cm³/mol. The molecule has 8 nitrogen and oxygen atoms in total. The standard InChI is InChI=1S/C23H27N5O3/c1-17-8-6-7-11-19(17)27-14-12-26(13-15-27)16-20(29)25-28-21(30)23(2,24-22(28)31)18-9-4-3-5-10-18/h3-11H,12-16H2,1-2H3,(H,24,31)(H,25,29)/t23-/m0/s1. The van der Waals surface area contributed by atoms with E-state index < -0.39 is 17.5 Å². The molecule has 2 fully saturated rings. The van der Waals surface area contributed by atoms with E-state index in [1.807, 2.05) is 23.1 Å². The number of carbonyl (C=O) groups excluding carboxylic acids is 3. The summed E-state index contributed by atoms with van der Waals surface area (Å²) >= 11 is 0. The van der Waals surface area contributed by atoms with Crippen LogP contribution in [-0.2, 0) is 15.1 Å². The normalized spacial score (nSPS) is 21.9. The monoisotopic (exact) mass is 421 g/mol. The lowest BCUT2D eigenvalue weighted by atomic mass is 9.92. The number of para-hydroxylation sites is 1. The molecule has 2 heterocycles. The van der Waals surface area contributed by atoms with E-state index in [9.17, 15) is 14.4 Å². The van der Waals surface area contributed by atoms with E-state index in [2.05, 4.69) is 34.7 Å². The minimum atomic E-state index is -1.20. The van der Waals surface area contributed by atoms with E-state index >= 15 is 0 Å². The summed E-state index contributed by atoms with van der Waals surface area (Å²) in [6.07, 6.45) is 0. The van der Waals surface area contributed by atoms with Crippen molar-refractivity contribution >= 4 is 23.5 Å². The van der Waals surface area contributed by atoms with Crippen LogP contribution in [0.1, 0.15) is 18.1 Å². The van der Waals surface area contributed by atoms with Gasteiger partial charge in [-0.25, -0.2) is 4.79 Å². The molecule has 2 aromatic rings. The number of piperazine rings is 1. The minimum Gasteiger partial charge on any atom is -0.369 e. The lowest BCUT2D eigenvalue weighted by molar-refractivity contribution is -0.139. The van der Waals surface area contributed by atoms with E-state index in [1.54, 1.807) is 31.2 Å². The predicted octanol–water partition coefficient (Wildman–Crippen LogP) is 1.62. The van der Waals surface area contributed by atoms with Crippen molar-refractivity contribution in [2.24, 2.45) is 0 Å². The molecule has 162 valence electrons. The van der Waals surface area contributed by atoms with E-state index in [-0.39, 0.29) is 12.5 Å². The van der Waals surface area contributed by atoms with Gasteiger partial charge < -0.3 is 10.2 Å². The number of hydrogen-bond acceptors (Lipinski definition) is 5. The summed E-state index contributed by atoms with van der Waals surface area (Å²) in [6.45, 7) is 6.94. The van der Waals surface area contributed by atoms with Gasteiger partial charge in [0.2, 0.25) is 0 Å². The third kappa shape index (κ3) is 4.11. The molecule has 2 aromatic carbocycles. The highest BCUT2D eigenvalue weighted by atomic mass is 16.2. The first kappa shape index (κ1) is 20.9. The van der Waals surface area contributed by atoms with Crippen molar-refractivity contribution in [1.29, 1.82) is 0 Å². The Hall–Kier alpha value is -3.39. The Bertz CT molecular complexity index is 988. The van der Waals surface area contributed by atoms with Crippen LogP contribution in [0, 0.1) is 6.92 Å². The molecule has 2 N–H and O–H groups in total. The molecule has 4 rings (SSSR count). The Morgan fingerprint density at radius 2 is 1.65 bits per heavy atom. The number of amides is 4. The van der Waals surface area contributed by atoms with Crippen LogP contribution in [0.15, 0.2) is 54.6 Å². The third-order valence-corrected chi connectivity index (χ3v) is 5.97. The van der Waals surface area contributed by atoms with Gasteiger partial charge in [0, 0.05) is 31.9 Å². The summed E-state index contributed by atoms with van der Waals surface area (Å²) in [5, 5.41) is 3.48. The SMILES string of the molecule is Cc1ccccc1N1CCN(CC(=O)NN2C(=O)N[C@@](C)(c3ccccc3)C2=O)CC1. The van der Waals surface area contributed by atoms with Crippen molar-refractivity contribution < 1.29 is 14.4 Å². The van der Waals surface area contributed by atoms with Crippen LogP contribution in [0.5, 0.6) is 0 Å². The quantitative estimate of drug-likeness (QED) is 0.717. The van der Waals surface area contributed by atoms with Crippen molar-refractivity contribution in [3.05, 3.63) is 65.7 Å². The molecule has 0 bridgehead atoms. The van der Waals surface area contributed by atoms with Gasteiger partial charge in [-0.05, 0) is 31.0 Å². The Labute approximate surface area is 181 Å². The number of nitrogens with one attached hydrogen (secondary N) is 2. The Morgan fingerprint density at radius 1 is 1.00 bits per heavy atom. The molecular weight excluding hydrogens is 394 g/mol. The second kappa shape index (κ2) is 8.39. The van der Waals surface area contributed by atoms with Crippen molar-refractivity contribution in [2.75, 3.05) is 37.6 Å². The van der Waals surface area contributed by atoms with Gasteiger partial charge in [-0.2, -0.15) is 5.01 Å². The van der Waals surface area contributed by atoms with Crippen LogP contribution in [0.2, 0.25) is 0 Å². The summed E-state index contributed by atoms with van der Waals surface area (Å²) in [7, 11) is 0. The molecule has 0 aromatic heterocycles. The molecule has 0 radical (unpaired) electrons. The van der Waals surface area contributed by atoms with Crippen molar-refractivity contribution in [3.63, 3.8) is 0 Å². The average Bonchev–Trinajstić information content (AvgIpc) is 2.99. The van der Waals surface area contributed by atoms with Crippen LogP contribution in [0.3, 0.4) is 0 Å². The number of carbonyl (C=O) groups is 3. The molecular formula is C23H27N5O3. The molecule has 4 amide bonds. The molecule has 31 heavy (non-hydrogen) atoms. The number of imide groups is 1. The fourth-order valence-electron chi connectivity index (χ4n) is 4.14. The largest absolute Gasteiger partial charge is 0.369 e. The van der Waals surface area contributed by atoms with E-state index in [0.29, 0.717) is 5.56 Å². The number of hydrogen-bond donors (Lipinski definition) is 2. The Morgan fingerprint density at radius 3 is 2.32 bits per heavy atom. The van der Waals surface area contributed by atoms with Crippen LogP contribution >= 0.6 is 0 Å². The summed E-state index contributed by atoms with van der Waals surface area (Å²) in [5.74, 6) is -0.883. The van der Waals surface area contributed by atoms with Gasteiger partial charge in [-0.3, -0.25) is 19.9 Å². The van der Waals surface area contributed by atoms with E-state index in [1.165, 1.54) is 11.3 Å². The van der Waals surface area contributed by atoms with Crippen molar-refractivity contribution in [3.8, 4) is 0 Å². The summed E-state index contributed by atoms with van der Waals surface area (Å²) < 4.78 is 0. The number of benzene rings is 2. The first-order valence-electron chi connectivity index (χ1n) is 10.4. The van der Waals surface area contributed by atoms with Gasteiger partial charge in [0.1, 0.15) is 5.54 Å². The first-order valence-corrected chi connectivity index (χ1v) is 10.4. The van der Waals surface area contributed by atoms with Crippen LogP contribution in [0.4, 0.5) is 10.5 Å². The highest BCUT2D eigenvalue weighted by Crippen LogP contribution is 2.27. The van der Waals surface area contributed by atoms with Crippen LogP contribution in [0.25, 0.3) is 0 Å². The second-order valence-electron chi connectivity index (χ2n) is 8.15. The fraction of sp³-hybridized carbons (Fsp3) is 0.348. The molecule has 2 saturated heterocycles. The first-order chi connectivity index (χ1) is 14.9. The maximum absolute atomic E-state index is 12.9. The minimum absolute atomic E-state index is 0.126. The molecule has 2 aliphatic rings. The number of nitrogens with zero attached hydrogens (tertiary/aromatic N) is 3. The summed E-state index contributed by atoms with van der Waals surface area (Å²) in [4.78, 5) is 42.2. The zero-order valence-electron chi connectivity index (χ0n) is 17.8. The van der Waals surface area contributed by atoms with Gasteiger partial charge >= 0.3 is 6.03 Å². The molecule has 8 heteroatoms. The van der Waals surface area contributed by atoms with E-state index in [0.717, 1.165) is 31.2 Å². The topological polar surface area (TPSA) is 85.0 Å². The zero-order valence-corrected chi connectivity index (χ0v) is 17.8. The van der Waals surface area contributed by atoms with Gasteiger partial charge in [-0.15, -0.1) is 0 Å². The number of aryl methyl sites for hydroxylation is 1. The smallest absolute Gasteiger partial charge is 0.344 e. The Balaban J connectivity index is 1.33.